The summed E-state index contributed by atoms with van der Waals surface area (Å²) in [5.41, 5.74) is 1.20. The first-order valence-corrected chi connectivity index (χ1v) is 8.39. The van der Waals surface area contributed by atoms with Crippen molar-refractivity contribution in [3.05, 3.63) is 47.6 Å². The largest absolute Gasteiger partial charge is 0.361 e. The first kappa shape index (κ1) is 18.0. The standard InChI is InChI=1S/C16H18FN3O3S/c1-11-7-14(19-23-11)8-20(2)16(22)10-24-9-15(21)18-13-5-3-12(17)4-6-13/h3-7H,8-10H2,1-2H3,(H,18,21). The average molecular weight is 351 g/mol. The molecule has 2 aromatic rings. The maximum absolute atomic E-state index is 12.8. The van der Waals surface area contributed by atoms with E-state index >= 15 is 0 Å². The summed E-state index contributed by atoms with van der Waals surface area (Å²) in [5.74, 6) is 0.310. The van der Waals surface area contributed by atoms with E-state index in [0.717, 1.165) is 0 Å². The van der Waals surface area contributed by atoms with E-state index in [1.54, 1.807) is 20.0 Å². The quantitative estimate of drug-likeness (QED) is 0.829. The minimum absolute atomic E-state index is 0.102. The SMILES string of the molecule is Cc1cc(CN(C)C(=O)CSCC(=O)Nc2ccc(F)cc2)no1. The minimum Gasteiger partial charge on any atom is -0.361 e. The van der Waals surface area contributed by atoms with Gasteiger partial charge in [-0.15, -0.1) is 11.8 Å². The number of aryl methyl sites for hydroxylation is 1. The average Bonchev–Trinajstić information content (AvgIpc) is 2.94. The number of nitrogens with one attached hydrogen (secondary N) is 1. The molecule has 6 nitrogen and oxygen atoms in total. The van der Waals surface area contributed by atoms with Gasteiger partial charge in [-0.1, -0.05) is 5.16 Å². The predicted molar refractivity (Wildman–Crippen MR) is 90.1 cm³/mol. The molecular formula is C16H18FN3O3S. The smallest absolute Gasteiger partial charge is 0.234 e. The molecule has 128 valence electrons. The van der Waals surface area contributed by atoms with Crippen LogP contribution in [0.4, 0.5) is 10.1 Å². The van der Waals surface area contributed by atoms with Crippen molar-refractivity contribution in [2.45, 2.75) is 13.5 Å². The zero-order chi connectivity index (χ0) is 17.5. The molecule has 1 N–H and O–H groups in total. The Labute approximate surface area is 143 Å². The van der Waals surface area contributed by atoms with Crippen LogP contribution in [0.25, 0.3) is 0 Å². The van der Waals surface area contributed by atoms with Gasteiger partial charge >= 0.3 is 0 Å². The second-order valence-electron chi connectivity index (χ2n) is 5.23. The van der Waals surface area contributed by atoms with E-state index in [1.165, 1.54) is 40.9 Å². The number of hydrogen-bond donors (Lipinski definition) is 1. The van der Waals surface area contributed by atoms with Crippen molar-refractivity contribution in [2.75, 3.05) is 23.9 Å². The number of benzene rings is 1. The molecule has 0 aliphatic heterocycles. The van der Waals surface area contributed by atoms with E-state index in [4.69, 9.17) is 4.52 Å². The first-order chi connectivity index (χ1) is 11.4. The normalized spacial score (nSPS) is 10.5. The van der Waals surface area contributed by atoms with Gasteiger partial charge in [0.1, 0.15) is 17.3 Å². The van der Waals surface area contributed by atoms with Crippen LogP contribution in [0.2, 0.25) is 0 Å². The number of halogens is 1. The van der Waals surface area contributed by atoms with E-state index in [9.17, 15) is 14.0 Å². The van der Waals surface area contributed by atoms with Gasteiger partial charge in [-0.3, -0.25) is 9.59 Å². The molecule has 2 rings (SSSR count). The number of anilines is 1. The van der Waals surface area contributed by atoms with Gasteiger partial charge in [0.25, 0.3) is 0 Å². The van der Waals surface area contributed by atoms with Gasteiger partial charge in [0.2, 0.25) is 11.8 Å². The summed E-state index contributed by atoms with van der Waals surface area (Å²) in [6, 6.07) is 7.28. The first-order valence-electron chi connectivity index (χ1n) is 7.23. The Bertz CT molecular complexity index is 703. The summed E-state index contributed by atoms with van der Waals surface area (Å²) in [6.07, 6.45) is 0. The van der Waals surface area contributed by atoms with Crippen LogP contribution < -0.4 is 5.32 Å². The molecule has 0 aliphatic carbocycles. The highest BCUT2D eigenvalue weighted by Crippen LogP contribution is 2.10. The van der Waals surface area contributed by atoms with Crippen LogP contribution >= 0.6 is 11.8 Å². The van der Waals surface area contributed by atoms with Crippen LogP contribution in [-0.4, -0.2) is 40.4 Å². The second-order valence-corrected chi connectivity index (χ2v) is 6.21. The molecule has 0 aliphatic rings. The van der Waals surface area contributed by atoms with Crippen LogP contribution in [0.3, 0.4) is 0 Å². The Hall–Kier alpha value is -2.35. The number of carbonyl (C=O) groups is 2. The maximum atomic E-state index is 12.8. The predicted octanol–water partition coefficient (Wildman–Crippen LogP) is 2.45. The van der Waals surface area contributed by atoms with Gasteiger partial charge in [-0.25, -0.2) is 4.39 Å². The lowest BCUT2D eigenvalue weighted by atomic mass is 10.3. The van der Waals surface area contributed by atoms with E-state index in [-0.39, 0.29) is 29.1 Å². The van der Waals surface area contributed by atoms with Crippen LogP contribution in [-0.2, 0) is 16.1 Å². The Morgan fingerprint density at radius 3 is 2.62 bits per heavy atom. The summed E-state index contributed by atoms with van der Waals surface area (Å²) in [5, 5.41) is 6.47. The maximum Gasteiger partial charge on any atom is 0.234 e. The monoisotopic (exact) mass is 351 g/mol. The van der Waals surface area contributed by atoms with E-state index in [2.05, 4.69) is 10.5 Å². The summed E-state index contributed by atoms with van der Waals surface area (Å²) in [7, 11) is 1.67. The van der Waals surface area contributed by atoms with Crippen LogP contribution in [0.5, 0.6) is 0 Å². The molecule has 1 aromatic carbocycles. The molecular weight excluding hydrogens is 333 g/mol. The summed E-state index contributed by atoms with van der Waals surface area (Å²) >= 11 is 1.21. The fraction of sp³-hybridized carbons (Fsp3) is 0.312. The van der Waals surface area contributed by atoms with Gasteiger partial charge in [0.05, 0.1) is 18.1 Å². The van der Waals surface area contributed by atoms with Crippen molar-refractivity contribution in [3.63, 3.8) is 0 Å². The number of thioether (sulfide) groups is 1. The van der Waals surface area contributed by atoms with Crippen molar-refractivity contribution >= 4 is 29.3 Å². The zero-order valence-electron chi connectivity index (χ0n) is 13.4. The van der Waals surface area contributed by atoms with E-state index in [1.807, 2.05) is 0 Å². The molecule has 2 amide bonds. The lowest BCUT2D eigenvalue weighted by Gasteiger charge is -2.15. The van der Waals surface area contributed by atoms with Crippen molar-refractivity contribution in [1.29, 1.82) is 0 Å². The third kappa shape index (κ3) is 5.69. The fourth-order valence-corrected chi connectivity index (χ4v) is 2.65. The van der Waals surface area contributed by atoms with Crippen LogP contribution in [0, 0.1) is 12.7 Å². The zero-order valence-corrected chi connectivity index (χ0v) is 14.2. The third-order valence-electron chi connectivity index (χ3n) is 3.09. The van der Waals surface area contributed by atoms with E-state index in [0.29, 0.717) is 23.7 Å². The van der Waals surface area contributed by atoms with Crippen molar-refractivity contribution in [1.82, 2.24) is 10.1 Å². The number of aromatic nitrogens is 1. The molecule has 24 heavy (non-hydrogen) atoms. The highest BCUT2D eigenvalue weighted by molar-refractivity contribution is 8.00. The molecule has 1 heterocycles. The molecule has 8 heteroatoms. The molecule has 0 fully saturated rings. The van der Waals surface area contributed by atoms with Crippen molar-refractivity contribution < 1.29 is 18.5 Å². The minimum atomic E-state index is -0.363. The van der Waals surface area contributed by atoms with Gasteiger partial charge < -0.3 is 14.7 Å². The number of amides is 2. The molecule has 0 bridgehead atoms. The molecule has 0 spiro atoms. The number of hydrogen-bond acceptors (Lipinski definition) is 5. The Kier molecular flexibility index (Phi) is 6.36. The molecule has 1 aromatic heterocycles. The number of rotatable bonds is 7. The van der Waals surface area contributed by atoms with Crippen LogP contribution in [0.1, 0.15) is 11.5 Å². The highest BCUT2D eigenvalue weighted by Gasteiger charge is 2.12. The molecule has 0 saturated heterocycles. The van der Waals surface area contributed by atoms with Gasteiger partial charge in [-0.05, 0) is 31.2 Å². The molecule has 0 atom stereocenters. The molecule has 0 unspecified atom stereocenters. The van der Waals surface area contributed by atoms with Gasteiger partial charge in [-0.2, -0.15) is 0 Å². The lowest BCUT2D eigenvalue weighted by molar-refractivity contribution is -0.127. The van der Waals surface area contributed by atoms with Crippen molar-refractivity contribution in [2.24, 2.45) is 0 Å². The van der Waals surface area contributed by atoms with Crippen LogP contribution in [0.15, 0.2) is 34.9 Å². The van der Waals surface area contributed by atoms with Gasteiger partial charge in [0, 0.05) is 18.8 Å². The summed E-state index contributed by atoms with van der Waals surface area (Å²) in [6.45, 7) is 2.15. The number of nitrogens with zero attached hydrogens (tertiary/aromatic N) is 2. The highest BCUT2D eigenvalue weighted by atomic mass is 32.2. The van der Waals surface area contributed by atoms with Gasteiger partial charge in [0.15, 0.2) is 0 Å². The number of carbonyl (C=O) groups excluding carboxylic acids is 2. The molecule has 0 saturated carbocycles. The summed E-state index contributed by atoms with van der Waals surface area (Å²) < 4.78 is 17.7. The molecule has 0 radical (unpaired) electrons. The fourth-order valence-electron chi connectivity index (χ4n) is 1.90. The Morgan fingerprint density at radius 1 is 1.29 bits per heavy atom. The lowest BCUT2D eigenvalue weighted by Crippen LogP contribution is -2.28. The Morgan fingerprint density at radius 2 is 2.00 bits per heavy atom. The third-order valence-corrected chi connectivity index (χ3v) is 4.01. The Balaban J connectivity index is 1.69. The van der Waals surface area contributed by atoms with Crippen molar-refractivity contribution in [3.8, 4) is 0 Å². The summed E-state index contributed by atoms with van der Waals surface area (Å²) in [4.78, 5) is 25.3. The van der Waals surface area contributed by atoms with E-state index < -0.39 is 0 Å². The topological polar surface area (TPSA) is 75.4 Å². The second kappa shape index (κ2) is 8.49.